The monoisotopic (exact) mass is 670 g/mol. The quantitative estimate of drug-likeness (QED) is 0.191. The van der Waals surface area contributed by atoms with E-state index in [2.05, 4.69) is 96.3 Å². The molecule has 6 heteroatoms. The molecule has 246 valence electrons. The summed E-state index contributed by atoms with van der Waals surface area (Å²) < 4.78 is 12.6. The summed E-state index contributed by atoms with van der Waals surface area (Å²) in [5.74, 6) is 1.12. The van der Waals surface area contributed by atoms with Gasteiger partial charge in [0.1, 0.15) is 17.3 Å². The van der Waals surface area contributed by atoms with E-state index in [1.807, 2.05) is 78.9 Å². The highest BCUT2D eigenvalue weighted by molar-refractivity contribution is 6.18. The first-order chi connectivity index (χ1) is 25.7. The first-order valence-electron chi connectivity index (χ1n) is 17.3. The molecule has 0 saturated heterocycles. The summed E-state index contributed by atoms with van der Waals surface area (Å²) in [7, 11) is 0. The van der Waals surface area contributed by atoms with Crippen LogP contribution in [-0.2, 0) is 0 Å². The second-order valence-corrected chi connectivity index (χ2v) is 12.9. The standard InChI is InChI=1S/C46H30N4O2/c1-5-13-29(14-6-1)37-27-38(30-15-7-2-8-16-30)48-44(47-37)33-21-23-41-35(25-33)43-36-26-34(22-24-42(36)52-46(43)51-41)45-49-39(31-17-9-3-10-18-31)28-40(50-45)32-19-11-4-12-20-32/h1-28,44,47H. The third kappa shape index (κ3) is 5.34. The molecular formula is C46H30N4O2. The van der Waals surface area contributed by atoms with Crippen molar-refractivity contribution in [2.24, 2.45) is 4.99 Å². The average molecular weight is 671 g/mol. The molecule has 1 unspecified atom stereocenters. The van der Waals surface area contributed by atoms with Crippen molar-refractivity contribution in [1.82, 2.24) is 15.3 Å². The maximum atomic E-state index is 6.29. The van der Waals surface area contributed by atoms with Gasteiger partial charge >= 0.3 is 0 Å². The van der Waals surface area contributed by atoms with Gasteiger partial charge in [-0.05, 0) is 59.2 Å². The Balaban J connectivity index is 1.10. The molecule has 6 nitrogen and oxygen atoms in total. The Kier molecular flexibility index (Phi) is 7.10. The minimum Gasteiger partial charge on any atom is -0.425 e. The van der Waals surface area contributed by atoms with Crippen molar-refractivity contribution in [3.05, 3.63) is 187 Å². The molecule has 1 aliphatic heterocycles. The van der Waals surface area contributed by atoms with Crippen LogP contribution in [0.3, 0.4) is 0 Å². The zero-order chi connectivity index (χ0) is 34.4. The molecule has 4 heterocycles. The third-order valence-electron chi connectivity index (χ3n) is 9.57. The van der Waals surface area contributed by atoms with Gasteiger partial charge in [-0.1, -0.05) is 127 Å². The molecule has 1 N–H and O–H groups in total. The normalized spacial score (nSPS) is 14.3. The van der Waals surface area contributed by atoms with Crippen LogP contribution in [0.15, 0.2) is 184 Å². The topological polar surface area (TPSA) is 76.5 Å². The van der Waals surface area contributed by atoms with Gasteiger partial charge in [-0.25, -0.2) is 9.97 Å². The molecule has 0 amide bonds. The summed E-state index contributed by atoms with van der Waals surface area (Å²) in [5, 5.41) is 6.51. The fraction of sp³-hybridized carbons (Fsp3) is 0.0217. The molecule has 10 rings (SSSR count). The molecule has 0 bridgehead atoms. The summed E-state index contributed by atoms with van der Waals surface area (Å²) in [5.41, 5.74) is 11.3. The van der Waals surface area contributed by atoms with Crippen molar-refractivity contribution in [2.75, 3.05) is 0 Å². The van der Waals surface area contributed by atoms with Gasteiger partial charge in [0.25, 0.3) is 5.78 Å². The van der Waals surface area contributed by atoms with Crippen LogP contribution in [0.2, 0.25) is 0 Å². The van der Waals surface area contributed by atoms with Crippen LogP contribution in [0.4, 0.5) is 0 Å². The van der Waals surface area contributed by atoms with Crippen molar-refractivity contribution >= 4 is 44.5 Å². The lowest BCUT2D eigenvalue weighted by Crippen LogP contribution is -2.24. The third-order valence-corrected chi connectivity index (χ3v) is 9.57. The number of allylic oxidation sites excluding steroid dienone is 1. The molecule has 0 radical (unpaired) electrons. The van der Waals surface area contributed by atoms with Gasteiger partial charge in [-0.15, -0.1) is 0 Å². The molecule has 1 aliphatic rings. The Hall–Kier alpha value is -7.05. The van der Waals surface area contributed by atoms with Crippen LogP contribution in [0.5, 0.6) is 0 Å². The second-order valence-electron chi connectivity index (χ2n) is 12.9. The minimum atomic E-state index is -0.316. The summed E-state index contributed by atoms with van der Waals surface area (Å²) in [4.78, 5) is 15.3. The molecule has 6 aromatic carbocycles. The number of fused-ring (bicyclic) bond motifs is 5. The van der Waals surface area contributed by atoms with Crippen LogP contribution in [0.1, 0.15) is 22.9 Å². The van der Waals surface area contributed by atoms with Crippen molar-refractivity contribution in [1.29, 1.82) is 0 Å². The highest BCUT2D eigenvalue weighted by Crippen LogP contribution is 2.40. The lowest BCUT2D eigenvalue weighted by atomic mass is 10.0. The Morgan fingerprint density at radius 3 is 1.63 bits per heavy atom. The summed E-state index contributed by atoms with van der Waals surface area (Å²) >= 11 is 0. The Morgan fingerprint density at radius 1 is 0.481 bits per heavy atom. The molecule has 9 aromatic rings. The molecule has 0 fully saturated rings. The first-order valence-corrected chi connectivity index (χ1v) is 17.3. The van der Waals surface area contributed by atoms with Crippen molar-refractivity contribution in [2.45, 2.75) is 6.17 Å². The van der Waals surface area contributed by atoms with Crippen molar-refractivity contribution in [3.8, 4) is 33.9 Å². The van der Waals surface area contributed by atoms with E-state index in [1.165, 1.54) is 0 Å². The highest BCUT2D eigenvalue weighted by atomic mass is 16.5. The van der Waals surface area contributed by atoms with E-state index in [0.29, 0.717) is 11.6 Å². The van der Waals surface area contributed by atoms with Crippen LogP contribution in [0, 0.1) is 0 Å². The van der Waals surface area contributed by atoms with Crippen molar-refractivity contribution in [3.63, 3.8) is 0 Å². The number of rotatable bonds is 6. The van der Waals surface area contributed by atoms with E-state index >= 15 is 0 Å². The molecule has 3 aromatic heterocycles. The van der Waals surface area contributed by atoms with E-state index < -0.39 is 0 Å². The van der Waals surface area contributed by atoms with Crippen molar-refractivity contribution < 1.29 is 8.83 Å². The summed E-state index contributed by atoms with van der Waals surface area (Å²) in [6.45, 7) is 0. The summed E-state index contributed by atoms with van der Waals surface area (Å²) in [6, 6.07) is 55.5. The van der Waals surface area contributed by atoms with E-state index in [1.54, 1.807) is 0 Å². The number of hydrogen-bond acceptors (Lipinski definition) is 6. The van der Waals surface area contributed by atoms with E-state index in [0.717, 1.165) is 83.5 Å². The minimum absolute atomic E-state index is 0.316. The first kappa shape index (κ1) is 29.8. The Morgan fingerprint density at radius 2 is 1.02 bits per heavy atom. The number of nitrogens with zero attached hydrogens (tertiary/aromatic N) is 3. The SMILES string of the molecule is C1=C(c2ccccc2)NC(c2ccc3oc4oc5ccc(-c6nc(-c7ccccc7)cc(-c7ccccc7)n6)cc5c4c3c2)N=C1c1ccccc1. The van der Waals surface area contributed by atoms with Crippen LogP contribution in [-0.4, -0.2) is 15.7 Å². The van der Waals surface area contributed by atoms with Gasteiger partial charge in [0, 0.05) is 33.2 Å². The Labute approximate surface area is 299 Å². The molecule has 0 aliphatic carbocycles. The Bertz CT molecular complexity index is 2750. The van der Waals surface area contributed by atoms with E-state index in [4.69, 9.17) is 23.8 Å². The predicted molar refractivity (Wildman–Crippen MR) is 209 cm³/mol. The number of benzene rings is 6. The average Bonchev–Trinajstić information content (AvgIpc) is 3.77. The fourth-order valence-electron chi connectivity index (χ4n) is 6.98. The molecule has 1 atom stereocenters. The second kappa shape index (κ2) is 12.4. The number of nitrogens with one attached hydrogen (secondary N) is 1. The van der Waals surface area contributed by atoms with Gasteiger partial charge < -0.3 is 14.2 Å². The maximum absolute atomic E-state index is 6.29. The zero-order valence-corrected chi connectivity index (χ0v) is 27.9. The van der Waals surface area contributed by atoms with Crippen LogP contribution in [0.25, 0.3) is 72.7 Å². The zero-order valence-electron chi connectivity index (χ0n) is 27.9. The predicted octanol–water partition coefficient (Wildman–Crippen LogP) is 11.3. The smallest absolute Gasteiger partial charge is 0.299 e. The largest absolute Gasteiger partial charge is 0.425 e. The number of aromatic nitrogens is 2. The molecule has 52 heavy (non-hydrogen) atoms. The molecular weight excluding hydrogens is 641 g/mol. The maximum Gasteiger partial charge on any atom is 0.299 e. The summed E-state index contributed by atoms with van der Waals surface area (Å²) in [6.07, 6.45) is 1.81. The lowest BCUT2D eigenvalue weighted by Gasteiger charge is -2.25. The molecule has 0 saturated carbocycles. The van der Waals surface area contributed by atoms with Gasteiger partial charge in [0.2, 0.25) is 0 Å². The van der Waals surface area contributed by atoms with Crippen LogP contribution >= 0.6 is 0 Å². The van der Waals surface area contributed by atoms with E-state index in [9.17, 15) is 0 Å². The van der Waals surface area contributed by atoms with Crippen LogP contribution < -0.4 is 5.32 Å². The number of aliphatic imine (C=N–C) groups is 1. The fourth-order valence-corrected chi connectivity index (χ4v) is 6.98. The lowest BCUT2D eigenvalue weighted by molar-refractivity contribution is 0.524. The number of hydrogen-bond donors (Lipinski definition) is 1. The van der Waals surface area contributed by atoms with E-state index in [-0.39, 0.29) is 6.17 Å². The van der Waals surface area contributed by atoms with Gasteiger partial charge in [0.05, 0.1) is 22.5 Å². The van der Waals surface area contributed by atoms with Gasteiger partial charge in [0.15, 0.2) is 5.82 Å². The molecule has 0 spiro atoms. The highest BCUT2D eigenvalue weighted by Gasteiger charge is 2.23. The number of furan rings is 2. The van der Waals surface area contributed by atoms with Gasteiger partial charge in [-0.2, -0.15) is 0 Å². The van der Waals surface area contributed by atoms with Gasteiger partial charge in [-0.3, -0.25) is 4.99 Å².